The van der Waals surface area contributed by atoms with E-state index >= 15 is 0 Å². The monoisotopic (exact) mass is 470 g/mol. The summed E-state index contributed by atoms with van der Waals surface area (Å²) in [5.74, 6) is -0.950. The van der Waals surface area contributed by atoms with E-state index in [0.717, 1.165) is 15.8 Å². The summed E-state index contributed by atoms with van der Waals surface area (Å²) in [6.07, 6.45) is 0. The number of nitrogens with zero attached hydrogens (tertiary/aromatic N) is 2. The van der Waals surface area contributed by atoms with E-state index < -0.39 is 17.7 Å². The zero-order valence-electron chi connectivity index (χ0n) is 18.9. The summed E-state index contributed by atoms with van der Waals surface area (Å²) in [6.45, 7) is 3.78. The molecule has 1 fully saturated rings. The SMILES string of the molecule is COc1ccc2nc(N3C(=O)C(=O)C(=C(O)c4cc(C)ccc4C)C3c3ccccc3)sc2c1. The smallest absolute Gasteiger partial charge is 0.301 e. The van der Waals surface area contributed by atoms with Crippen molar-refractivity contribution in [2.75, 3.05) is 12.0 Å². The van der Waals surface area contributed by atoms with Gasteiger partial charge < -0.3 is 9.84 Å². The van der Waals surface area contributed by atoms with Crippen molar-refractivity contribution in [3.63, 3.8) is 0 Å². The van der Waals surface area contributed by atoms with Crippen LogP contribution in [0, 0.1) is 13.8 Å². The molecule has 0 bridgehead atoms. The van der Waals surface area contributed by atoms with E-state index in [4.69, 9.17) is 4.74 Å². The average molecular weight is 471 g/mol. The van der Waals surface area contributed by atoms with E-state index in [2.05, 4.69) is 4.98 Å². The van der Waals surface area contributed by atoms with E-state index in [1.54, 1.807) is 13.2 Å². The van der Waals surface area contributed by atoms with E-state index in [0.29, 0.717) is 27.5 Å². The van der Waals surface area contributed by atoms with Crippen LogP contribution in [0.25, 0.3) is 16.0 Å². The Morgan fingerprint density at radius 2 is 1.79 bits per heavy atom. The van der Waals surface area contributed by atoms with Gasteiger partial charge in [0.2, 0.25) is 0 Å². The zero-order chi connectivity index (χ0) is 24.0. The fourth-order valence-corrected chi connectivity index (χ4v) is 5.26. The van der Waals surface area contributed by atoms with Gasteiger partial charge in [-0.1, -0.05) is 59.4 Å². The van der Waals surface area contributed by atoms with Gasteiger partial charge in [-0.05, 0) is 49.2 Å². The molecule has 6 nitrogen and oxygen atoms in total. The van der Waals surface area contributed by atoms with Crippen LogP contribution in [-0.4, -0.2) is 28.9 Å². The summed E-state index contributed by atoms with van der Waals surface area (Å²) in [5.41, 5.74) is 3.76. The summed E-state index contributed by atoms with van der Waals surface area (Å²) >= 11 is 1.30. The number of hydrogen-bond donors (Lipinski definition) is 1. The summed E-state index contributed by atoms with van der Waals surface area (Å²) in [5, 5.41) is 11.8. The minimum absolute atomic E-state index is 0.0572. The molecule has 1 aliphatic rings. The van der Waals surface area contributed by atoms with Gasteiger partial charge >= 0.3 is 5.91 Å². The fraction of sp³-hybridized carbons (Fsp3) is 0.148. The molecule has 5 rings (SSSR count). The number of carbonyl (C=O) groups excluding carboxylic acids is 2. The van der Waals surface area contributed by atoms with Crippen LogP contribution in [0.2, 0.25) is 0 Å². The Morgan fingerprint density at radius 1 is 1.03 bits per heavy atom. The van der Waals surface area contributed by atoms with Crippen molar-refractivity contribution in [3.05, 3.63) is 94.6 Å². The highest BCUT2D eigenvalue weighted by Gasteiger charge is 2.48. The van der Waals surface area contributed by atoms with Gasteiger partial charge in [-0.3, -0.25) is 14.5 Å². The van der Waals surface area contributed by atoms with Crippen molar-refractivity contribution < 1.29 is 19.4 Å². The molecule has 1 aliphatic heterocycles. The summed E-state index contributed by atoms with van der Waals surface area (Å²) in [6, 6.07) is 19.6. The largest absolute Gasteiger partial charge is 0.507 e. The highest BCUT2D eigenvalue weighted by atomic mass is 32.1. The quantitative estimate of drug-likeness (QED) is 0.240. The highest BCUT2D eigenvalue weighted by molar-refractivity contribution is 7.22. The topological polar surface area (TPSA) is 79.7 Å². The Kier molecular flexibility index (Phi) is 5.42. The Morgan fingerprint density at radius 3 is 2.53 bits per heavy atom. The number of aromatic nitrogens is 1. The first-order chi connectivity index (χ1) is 16.4. The Hall–Kier alpha value is -3.97. The number of ether oxygens (including phenoxy) is 1. The molecule has 0 aliphatic carbocycles. The number of rotatable bonds is 4. The summed E-state index contributed by atoms with van der Waals surface area (Å²) < 4.78 is 6.14. The number of aliphatic hydroxyl groups excluding tert-OH is 1. The van der Waals surface area contributed by atoms with Gasteiger partial charge in [-0.15, -0.1) is 0 Å². The van der Waals surface area contributed by atoms with Gasteiger partial charge in [0.05, 0.1) is 28.9 Å². The van der Waals surface area contributed by atoms with Crippen molar-refractivity contribution in [1.29, 1.82) is 0 Å². The maximum absolute atomic E-state index is 13.4. The first-order valence-electron chi connectivity index (χ1n) is 10.8. The van der Waals surface area contributed by atoms with Crippen LogP contribution in [0.1, 0.15) is 28.3 Å². The average Bonchev–Trinajstić information content (AvgIpc) is 3.38. The lowest BCUT2D eigenvalue weighted by Gasteiger charge is -2.23. The lowest BCUT2D eigenvalue weighted by molar-refractivity contribution is -0.132. The number of benzene rings is 3. The van der Waals surface area contributed by atoms with Gasteiger partial charge in [-0.25, -0.2) is 4.98 Å². The second kappa shape index (κ2) is 8.43. The standard InChI is InChI=1S/C27H22N2O4S/c1-15-9-10-16(2)19(13-15)24(30)22-23(17-7-5-4-6-8-17)29(26(32)25(22)31)27-28-20-12-11-18(33-3)14-21(20)34-27/h4-14,23,30H,1-3H3. The third-order valence-electron chi connectivity index (χ3n) is 6.00. The molecule has 2 heterocycles. The number of fused-ring (bicyclic) bond motifs is 1. The molecule has 3 aromatic carbocycles. The van der Waals surface area contributed by atoms with Crippen LogP contribution in [0.4, 0.5) is 5.13 Å². The van der Waals surface area contributed by atoms with Gasteiger partial charge in [0.25, 0.3) is 5.78 Å². The molecule has 7 heteroatoms. The van der Waals surface area contributed by atoms with E-state index in [1.165, 1.54) is 16.2 Å². The van der Waals surface area contributed by atoms with E-state index in [1.807, 2.05) is 74.5 Å². The van der Waals surface area contributed by atoms with Crippen LogP contribution >= 0.6 is 11.3 Å². The molecule has 1 unspecified atom stereocenters. The number of aliphatic hydroxyl groups is 1. The first kappa shape index (κ1) is 21.9. The van der Waals surface area contributed by atoms with Crippen LogP contribution in [0.15, 0.2) is 72.3 Å². The van der Waals surface area contributed by atoms with Crippen molar-refractivity contribution in [2.45, 2.75) is 19.9 Å². The van der Waals surface area contributed by atoms with E-state index in [-0.39, 0.29) is 11.3 Å². The Bertz CT molecular complexity index is 1470. The molecule has 34 heavy (non-hydrogen) atoms. The number of hydrogen-bond acceptors (Lipinski definition) is 6. The Labute approximate surface area is 200 Å². The zero-order valence-corrected chi connectivity index (χ0v) is 19.7. The molecule has 1 atom stereocenters. The van der Waals surface area contributed by atoms with Gasteiger partial charge in [0.15, 0.2) is 5.13 Å². The number of ketones is 1. The molecule has 1 N–H and O–H groups in total. The van der Waals surface area contributed by atoms with Crippen LogP contribution in [0.3, 0.4) is 0 Å². The van der Waals surface area contributed by atoms with Gasteiger partial charge in [0, 0.05) is 5.56 Å². The second-order valence-electron chi connectivity index (χ2n) is 8.23. The lowest BCUT2D eigenvalue weighted by Crippen LogP contribution is -2.29. The molecule has 1 saturated heterocycles. The number of methoxy groups -OCH3 is 1. The third-order valence-corrected chi connectivity index (χ3v) is 7.02. The van der Waals surface area contributed by atoms with Crippen molar-refractivity contribution >= 4 is 44.1 Å². The lowest BCUT2D eigenvalue weighted by atomic mass is 9.93. The molecule has 170 valence electrons. The van der Waals surface area contributed by atoms with Crippen molar-refractivity contribution in [2.24, 2.45) is 0 Å². The molecular weight excluding hydrogens is 448 g/mol. The van der Waals surface area contributed by atoms with Gasteiger partial charge in [0.1, 0.15) is 11.5 Å². The van der Waals surface area contributed by atoms with Crippen molar-refractivity contribution in [3.8, 4) is 5.75 Å². The maximum atomic E-state index is 13.4. The summed E-state index contributed by atoms with van der Waals surface area (Å²) in [4.78, 5) is 32.7. The number of Topliss-reactive ketones (excluding diaryl/α,β-unsaturated/α-hetero) is 1. The normalized spacial score (nSPS) is 17.5. The minimum Gasteiger partial charge on any atom is -0.507 e. The number of anilines is 1. The van der Waals surface area contributed by atoms with E-state index in [9.17, 15) is 14.7 Å². The predicted molar refractivity (Wildman–Crippen MR) is 133 cm³/mol. The number of carbonyl (C=O) groups is 2. The molecular formula is C27H22N2O4S. The molecule has 1 amide bonds. The summed E-state index contributed by atoms with van der Waals surface area (Å²) in [7, 11) is 1.59. The molecule has 0 saturated carbocycles. The number of amides is 1. The highest BCUT2D eigenvalue weighted by Crippen LogP contribution is 2.44. The van der Waals surface area contributed by atoms with Gasteiger partial charge in [-0.2, -0.15) is 0 Å². The molecule has 0 spiro atoms. The van der Waals surface area contributed by atoms with Crippen LogP contribution in [0.5, 0.6) is 5.75 Å². The molecule has 1 aromatic heterocycles. The Balaban J connectivity index is 1.73. The first-order valence-corrected chi connectivity index (χ1v) is 11.6. The number of thiazole rings is 1. The number of aryl methyl sites for hydroxylation is 2. The van der Waals surface area contributed by atoms with Crippen LogP contribution in [-0.2, 0) is 9.59 Å². The minimum atomic E-state index is -0.802. The predicted octanol–water partition coefficient (Wildman–Crippen LogP) is 5.55. The maximum Gasteiger partial charge on any atom is 0.301 e. The third kappa shape index (κ3) is 3.54. The molecule has 0 radical (unpaired) electrons. The molecule has 4 aromatic rings. The van der Waals surface area contributed by atoms with Crippen LogP contribution < -0.4 is 9.64 Å². The fourth-order valence-electron chi connectivity index (χ4n) is 4.24. The second-order valence-corrected chi connectivity index (χ2v) is 9.24. The van der Waals surface area contributed by atoms with Crippen molar-refractivity contribution in [1.82, 2.24) is 4.98 Å².